The Morgan fingerprint density at radius 1 is 1.17 bits per heavy atom. The second kappa shape index (κ2) is 6.82. The van der Waals surface area contributed by atoms with Gasteiger partial charge in [0.25, 0.3) is 0 Å². The third kappa shape index (κ3) is 3.21. The van der Waals surface area contributed by atoms with E-state index in [0.717, 1.165) is 43.4 Å². The Hall–Kier alpha value is -1.43. The molecule has 1 heterocycles. The molecule has 0 unspecified atom stereocenters. The fourth-order valence-corrected chi connectivity index (χ4v) is 4.36. The van der Waals surface area contributed by atoms with Gasteiger partial charge in [-0.05, 0) is 49.3 Å². The van der Waals surface area contributed by atoms with Crippen LogP contribution < -0.4 is 11.1 Å². The summed E-state index contributed by atoms with van der Waals surface area (Å²) in [5.41, 5.74) is 10.4. The first-order chi connectivity index (χ1) is 11.1. The van der Waals surface area contributed by atoms with Gasteiger partial charge in [0.05, 0.1) is 11.2 Å². The third-order valence-electron chi connectivity index (χ3n) is 5.07. The van der Waals surface area contributed by atoms with Crippen LogP contribution in [0.25, 0.3) is 11.3 Å². The third-order valence-corrected chi connectivity index (χ3v) is 5.82. The number of nitrogens with one attached hydrogen (secondary N) is 1. The fraction of sp³-hybridized carbons (Fsp3) is 0.444. The van der Waals surface area contributed by atoms with Crippen LogP contribution in [0.4, 0.5) is 5.13 Å². The predicted octanol–water partition coefficient (Wildman–Crippen LogP) is 3.93. The number of thiazole rings is 1. The molecule has 1 aromatic heterocycles. The van der Waals surface area contributed by atoms with E-state index in [1.54, 1.807) is 0 Å². The number of rotatable bonds is 3. The van der Waals surface area contributed by atoms with E-state index >= 15 is 0 Å². The molecule has 1 saturated carbocycles. The fourth-order valence-electron chi connectivity index (χ4n) is 3.65. The highest BCUT2D eigenvalue weighted by Gasteiger charge is 2.37. The smallest absolute Gasteiger partial charge is 0.246 e. The molecule has 4 nitrogen and oxygen atoms in total. The monoisotopic (exact) mass is 363 g/mol. The van der Waals surface area contributed by atoms with Gasteiger partial charge in [-0.15, -0.1) is 23.7 Å². The van der Waals surface area contributed by atoms with Crippen LogP contribution in [0.3, 0.4) is 0 Å². The molecular formula is C18H22ClN3OS. The Kier molecular flexibility index (Phi) is 4.95. The van der Waals surface area contributed by atoms with Gasteiger partial charge in [-0.1, -0.05) is 25.0 Å². The molecule has 1 aromatic carbocycles. The Balaban J connectivity index is 0.00000169. The first kappa shape index (κ1) is 17.4. The molecule has 3 N–H and O–H groups in total. The first-order valence-electron chi connectivity index (χ1n) is 8.32. The molecule has 0 radical (unpaired) electrons. The van der Waals surface area contributed by atoms with Crippen LogP contribution in [-0.2, 0) is 17.6 Å². The topological polar surface area (TPSA) is 68.0 Å². The maximum atomic E-state index is 12.4. The van der Waals surface area contributed by atoms with Crippen molar-refractivity contribution >= 4 is 34.8 Å². The van der Waals surface area contributed by atoms with Gasteiger partial charge in [0.1, 0.15) is 0 Å². The van der Waals surface area contributed by atoms with E-state index in [1.165, 1.54) is 35.3 Å². The maximum absolute atomic E-state index is 12.4. The summed E-state index contributed by atoms with van der Waals surface area (Å²) >= 11 is 1.46. The lowest BCUT2D eigenvalue weighted by atomic mass is 9.98. The van der Waals surface area contributed by atoms with Crippen molar-refractivity contribution in [3.05, 3.63) is 34.7 Å². The maximum Gasteiger partial charge on any atom is 0.246 e. The minimum Gasteiger partial charge on any atom is -0.317 e. The van der Waals surface area contributed by atoms with Crippen molar-refractivity contribution in [3.8, 4) is 11.3 Å². The molecular weight excluding hydrogens is 342 g/mol. The van der Waals surface area contributed by atoms with Crippen molar-refractivity contribution in [3.63, 3.8) is 0 Å². The van der Waals surface area contributed by atoms with Gasteiger partial charge in [-0.25, -0.2) is 4.98 Å². The van der Waals surface area contributed by atoms with Crippen molar-refractivity contribution < 1.29 is 4.79 Å². The van der Waals surface area contributed by atoms with Gasteiger partial charge in [0.15, 0.2) is 5.13 Å². The highest BCUT2D eigenvalue weighted by Crippen LogP contribution is 2.32. The lowest BCUT2D eigenvalue weighted by Crippen LogP contribution is -2.48. The summed E-state index contributed by atoms with van der Waals surface area (Å²) in [6.45, 7) is 0. The molecule has 0 atom stereocenters. The lowest BCUT2D eigenvalue weighted by Gasteiger charge is -2.21. The molecule has 1 fully saturated rings. The number of halogens is 1. The van der Waals surface area contributed by atoms with Gasteiger partial charge >= 0.3 is 0 Å². The number of amides is 1. The van der Waals surface area contributed by atoms with Crippen molar-refractivity contribution in [1.82, 2.24) is 4.98 Å². The molecule has 0 bridgehead atoms. The van der Waals surface area contributed by atoms with Crippen LogP contribution in [-0.4, -0.2) is 16.4 Å². The van der Waals surface area contributed by atoms with Gasteiger partial charge in [-0.3, -0.25) is 4.79 Å². The second-order valence-corrected chi connectivity index (χ2v) is 7.55. The number of anilines is 1. The minimum absolute atomic E-state index is 0. The second-order valence-electron chi connectivity index (χ2n) is 6.69. The standard InChI is InChI=1S/C18H21N3OS.ClH/c19-18(8-1-2-9-18)16(22)21-17-20-15(11-23-17)14-7-6-12-4-3-5-13(12)10-14;/h6-7,10-11H,1-5,8-9,19H2,(H,20,21,22);1H. The summed E-state index contributed by atoms with van der Waals surface area (Å²) < 4.78 is 0. The van der Waals surface area contributed by atoms with Gasteiger partial charge in [0, 0.05) is 10.9 Å². The summed E-state index contributed by atoms with van der Waals surface area (Å²) in [4.78, 5) is 16.9. The number of carbonyl (C=O) groups is 1. The molecule has 6 heteroatoms. The Morgan fingerprint density at radius 2 is 1.92 bits per heavy atom. The minimum atomic E-state index is -0.709. The van der Waals surface area contributed by atoms with Gasteiger partial charge < -0.3 is 11.1 Å². The van der Waals surface area contributed by atoms with E-state index in [1.807, 2.05) is 5.38 Å². The Labute approximate surface area is 152 Å². The number of carbonyl (C=O) groups excluding carboxylic acids is 1. The zero-order chi connectivity index (χ0) is 15.9. The van der Waals surface area contributed by atoms with E-state index in [4.69, 9.17) is 5.73 Å². The zero-order valence-electron chi connectivity index (χ0n) is 13.5. The number of benzene rings is 1. The van der Waals surface area contributed by atoms with E-state index in [9.17, 15) is 4.79 Å². The number of fused-ring (bicyclic) bond motifs is 1. The van der Waals surface area contributed by atoms with Crippen LogP contribution in [0.1, 0.15) is 43.2 Å². The Morgan fingerprint density at radius 3 is 2.71 bits per heavy atom. The number of nitrogens with two attached hydrogens (primary N) is 1. The van der Waals surface area contributed by atoms with Crippen molar-refractivity contribution in [2.75, 3.05) is 5.32 Å². The molecule has 0 saturated heterocycles. The number of aromatic nitrogens is 1. The summed E-state index contributed by atoms with van der Waals surface area (Å²) in [7, 11) is 0. The summed E-state index contributed by atoms with van der Waals surface area (Å²) in [5, 5.41) is 5.56. The molecule has 128 valence electrons. The SMILES string of the molecule is Cl.NC1(C(=O)Nc2nc(-c3ccc4c(c3)CCC4)cs2)CCCC1. The molecule has 2 aromatic rings. The van der Waals surface area contributed by atoms with E-state index in [2.05, 4.69) is 28.5 Å². The number of nitrogens with zero attached hydrogens (tertiary/aromatic N) is 1. The molecule has 2 aliphatic carbocycles. The zero-order valence-corrected chi connectivity index (χ0v) is 15.1. The highest BCUT2D eigenvalue weighted by atomic mass is 35.5. The highest BCUT2D eigenvalue weighted by molar-refractivity contribution is 7.14. The van der Waals surface area contributed by atoms with Gasteiger partial charge in [-0.2, -0.15) is 0 Å². The predicted molar refractivity (Wildman–Crippen MR) is 101 cm³/mol. The van der Waals surface area contributed by atoms with Crippen LogP contribution in [0.2, 0.25) is 0 Å². The average molecular weight is 364 g/mol. The van der Waals surface area contributed by atoms with Crippen LogP contribution in [0.15, 0.2) is 23.6 Å². The van der Waals surface area contributed by atoms with Crippen LogP contribution >= 0.6 is 23.7 Å². The molecule has 4 rings (SSSR count). The molecule has 1 amide bonds. The molecule has 0 spiro atoms. The number of aryl methyl sites for hydroxylation is 2. The number of hydrogen-bond donors (Lipinski definition) is 2. The molecule has 0 aliphatic heterocycles. The largest absolute Gasteiger partial charge is 0.317 e. The first-order valence-corrected chi connectivity index (χ1v) is 9.20. The normalized spacial score (nSPS) is 18.0. The van der Waals surface area contributed by atoms with Crippen LogP contribution in [0.5, 0.6) is 0 Å². The quantitative estimate of drug-likeness (QED) is 0.868. The van der Waals surface area contributed by atoms with Gasteiger partial charge in [0.2, 0.25) is 5.91 Å². The average Bonchev–Trinajstić information content (AvgIpc) is 3.26. The lowest BCUT2D eigenvalue weighted by molar-refractivity contribution is -0.121. The van der Waals surface area contributed by atoms with Crippen molar-refractivity contribution in [2.24, 2.45) is 5.73 Å². The summed E-state index contributed by atoms with van der Waals surface area (Å²) in [6.07, 6.45) is 7.18. The Bertz CT molecular complexity index is 752. The summed E-state index contributed by atoms with van der Waals surface area (Å²) in [5.74, 6) is -0.0927. The van der Waals surface area contributed by atoms with Crippen LogP contribution in [0, 0.1) is 0 Å². The summed E-state index contributed by atoms with van der Waals surface area (Å²) in [6, 6.07) is 6.58. The van der Waals surface area contributed by atoms with E-state index < -0.39 is 5.54 Å². The van der Waals surface area contributed by atoms with Crippen molar-refractivity contribution in [2.45, 2.75) is 50.5 Å². The molecule has 2 aliphatic rings. The molecule has 24 heavy (non-hydrogen) atoms. The van der Waals surface area contributed by atoms with E-state index in [0.29, 0.717) is 5.13 Å². The van der Waals surface area contributed by atoms with Crippen molar-refractivity contribution in [1.29, 1.82) is 0 Å². The van der Waals surface area contributed by atoms with E-state index in [-0.39, 0.29) is 18.3 Å². The number of hydrogen-bond acceptors (Lipinski definition) is 4.